The van der Waals surface area contributed by atoms with E-state index in [0.717, 1.165) is 21.5 Å². The molecule has 1 atom stereocenters. The highest BCUT2D eigenvalue weighted by molar-refractivity contribution is 9.10. The van der Waals surface area contributed by atoms with Crippen molar-refractivity contribution in [1.29, 1.82) is 0 Å². The Morgan fingerprint density at radius 1 is 1.10 bits per heavy atom. The fourth-order valence-corrected chi connectivity index (χ4v) is 3.64. The molecule has 2 aromatic rings. The van der Waals surface area contributed by atoms with Crippen LogP contribution in [-0.2, 0) is 19.3 Å². The quantitative estimate of drug-likeness (QED) is 0.842. The van der Waals surface area contributed by atoms with E-state index in [1.165, 1.54) is 36.0 Å². The summed E-state index contributed by atoms with van der Waals surface area (Å²) in [5.74, 6) is 0. The molecule has 0 saturated carbocycles. The van der Waals surface area contributed by atoms with E-state index in [1.807, 2.05) is 18.2 Å². The first-order chi connectivity index (χ1) is 9.63. The van der Waals surface area contributed by atoms with Crippen LogP contribution in [0.5, 0.6) is 0 Å². The normalized spacial score (nSPS) is 15.2. The molecule has 1 aliphatic carbocycles. The van der Waals surface area contributed by atoms with Crippen molar-refractivity contribution in [2.75, 3.05) is 0 Å². The van der Waals surface area contributed by atoms with Gasteiger partial charge in [-0.2, -0.15) is 0 Å². The van der Waals surface area contributed by atoms with Crippen LogP contribution in [0.3, 0.4) is 0 Å². The van der Waals surface area contributed by atoms with Crippen LogP contribution in [0, 0.1) is 0 Å². The fourth-order valence-electron chi connectivity index (χ4n) is 2.91. The maximum atomic E-state index is 6.35. The van der Waals surface area contributed by atoms with Crippen molar-refractivity contribution < 1.29 is 0 Å². The summed E-state index contributed by atoms with van der Waals surface area (Å²) in [6.45, 7) is 0. The summed E-state index contributed by atoms with van der Waals surface area (Å²) in [4.78, 5) is 0. The van der Waals surface area contributed by atoms with Gasteiger partial charge < -0.3 is 5.73 Å². The van der Waals surface area contributed by atoms with Crippen molar-refractivity contribution in [2.24, 2.45) is 5.73 Å². The first-order valence-electron chi connectivity index (χ1n) is 6.94. The Kier molecular flexibility index (Phi) is 4.16. The van der Waals surface area contributed by atoms with E-state index in [9.17, 15) is 0 Å². The number of halogens is 2. The van der Waals surface area contributed by atoms with Gasteiger partial charge in [-0.25, -0.2) is 0 Å². The Morgan fingerprint density at radius 3 is 2.75 bits per heavy atom. The van der Waals surface area contributed by atoms with Gasteiger partial charge in [0, 0.05) is 15.5 Å². The Balaban J connectivity index is 1.82. The van der Waals surface area contributed by atoms with Crippen LogP contribution in [-0.4, -0.2) is 0 Å². The Morgan fingerprint density at radius 2 is 1.90 bits per heavy atom. The molecule has 0 bridgehead atoms. The molecule has 0 fully saturated rings. The monoisotopic (exact) mass is 349 g/mol. The lowest BCUT2D eigenvalue weighted by Crippen LogP contribution is -2.14. The zero-order valence-electron chi connectivity index (χ0n) is 11.2. The third-order valence-electron chi connectivity index (χ3n) is 3.98. The fraction of sp³-hybridized carbons (Fsp3) is 0.294. The zero-order valence-corrected chi connectivity index (χ0v) is 13.5. The van der Waals surface area contributed by atoms with E-state index in [-0.39, 0.29) is 6.04 Å². The van der Waals surface area contributed by atoms with Gasteiger partial charge in [-0.1, -0.05) is 45.7 Å². The number of nitrogens with two attached hydrogens (primary N) is 1. The highest BCUT2D eigenvalue weighted by Crippen LogP contribution is 2.29. The molecule has 0 spiro atoms. The molecule has 0 radical (unpaired) electrons. The number of fused-ring (bicyclic) bond motifs is 1. The third-order valence-corrected chi connectivity index (χ3v) is 4.93. The van der Waals surface area contributed by atoms with Gasteiger partial charge in [-0.05, 0) is 66.1 Å². The second-order valence-electron chi connectivity index (χ2n) is 5.43. The van der Waals surface area contributed by atoms with Gasteiger partial charge in [-0.15, -0.1) is 0 Å². The van der Waals surface area contributed by atoms with E-state index < -0.39 is 0 Å². The van der Waals surface area contributed by atoms with Gasteiger partial charge in [0.2, 0.25) is 0 Å². The molecule has 0 aliphatic heterocycles. The van der Waals surface area contributed by atoms with E-state index in [0.29, 0.717) is 0 Å². The Hall–Kier alpha value is -0.830. The van der Waals surface area contributed by atoms with Crippen molar-refractivity contribution in [3.05, 3.63) is 68.1 Å². The summed E-state index contributed by atoms with van der Waals surface area (Å²) in [5, 5.41) is 0.729. The van der Waals surface area contributed by atoms with Crippen molar-refractivity contribution in [3.8, 4) is 0 Å². The zero-order chi connectivity index (χ0) is 14.1. The molecule has 0 heterocycles. The SMILES string of the molecule is NC(Cc1ccc2c(c1)CCC2)c1cc(Cl)ccc1Br. The van der Waals surface area contributed by atoms with Crippen LogP contribution in [0.4, 0.5) is 0 Å². The Bertz CT molecular complexity index is 639. The molecular formula is C17H17BrClN. The molecule has 20 heavy (non-hydrogen) atoms. The minimum absolute atomic E-state index is 0.0393. The van der Waals surface area contributed by atoms with Gasteiger partial charge in [0.25, 0.3) is 0 Å². The van der Waals surface area contributed by atoms with Crippen molar-refractivity contribution in [2.45, 2.75) is 31.7 Å². The number of aryl methyl sites for hydroxylation is 2. The molecule has 0 aromatic heterocycles. The topological polar surface area (TPSA) is 26.0 Å². The minimum atomic E-state index is -0.0393. The van der Waals surface area contributed by atoms with Crippen LogP contribution in [0.15, 0.2) is 40.9 Å². The number of rotatable bonds is 3. The minimum Gasteiger partial charge on any atom is -0.324 e. The van der Waals surface area contributed by atoms with E-state index in [4.69, 9.17) is 17.3 Å². The van der Waals surface area contributed by atoms with Crippen molar-refractivity contribution in [3.63, 3.8) is 0 Å². The predicted octanol–water partition coefficient (Wildman–Crippen LogP) is 4.83. The smallest absolute Gasteiger partial charge is 0.0410 e. The van der Waals surface area contributed by atoms with Gasteiger partial charge in [0.05, 0.1) is 0 Å². The summed E-state index contributed by atoms with van der Waals surface area (Å²) >= 11 is 9.62. The average molecular weight is 351 g/mol. The van der Waals surface area contributed by atoms with E-state index in [2.05, 4.69) is 34.1 Å². The standard InChI is InChI=1S/C17H17BrClN/c18-16-7-6-14(19)10-15(16)17(20)9-11-4-5-12-2-1-3-13(12)8-11/h4-8,10,17H,1-3,9,20H2. The summed E-state index contributed by atoms with van der Waals surface area (Å²) in [6, 6.07) is 12.5. The number of benzene rings is 2. The van der Waals surface area contributed by atoms with Crippen molar-refractivity contribution >= 4 is 27.5 Å². The lowest BCUT2D eigenvalue weighted by molar-refractivity contribution is 0.718. The van der Waals surface area contributed by atoms with Crippen LogP contribution in [0.1, 0.15) is 34.7 Å². The van der Waals surface area contributed by atoms with Gasteiger partial charge >= 0.3 is 0 Å². The average Bonchev–Trinajstić information content (AvgIpc) is 2.89. The molecule has 2 N–H and O–H groups in total. The molecule has 3 heteroatoms. The lowest BCUT2D eigenvalue weighted by Gasteiger charge is -2.15. The van der Waals surface area contributed by atoms with Crippen LogP contribution in [0.25, 0.3) is 0 Å². The summed E-state index contributed by atoms with van der Waals surface area (Å²) < 4.78 is 1.02. The second kappa shape index (κ2) is 5.88. The lowest BCUT2D eigenvalue weighted by atomic mass is 9.97. The maximum absolute atomic E-state index is 6.35. The molecule has 104 valence electrons. The van der Waals surface area contributed by atoms with Gasteiger partial charge in [-0.3, -0.25) is 0 Å². The van der Waals surface area contributed by atoms with Gasteiger partial charge in [0.15, 0.2) is 0 Å². The van der Waals surface area contributed by atoms with E-state index >= 15 is 0 Å². The van der Waals surface area contributed by atoms with Crippen LogP contribution in [0.2, 0.25) is 5.02 Å². The third kappa shape index (κ3) is 2.93. The molecular weight excluding hydrogens is 334 g/mol. The molecule has 0 amide bonds. The first-order valence-corrected chi connectivity index (χ1v) is 8.12. The summed E-state index contributed by atoms with van der Waals surface area (Å²) in [6.07, 6.45) is 4.55. The summed E-state index contributed by atoms with van der Waals surface area (Å²) in [5.41, 5.74) is 11.7. The molecule has 1 nitrogen and oxygen atoms in total. The molecule has 3 rings (SSSR count). The van der Waals surface area contributed by atoms with Crippen LogP contribution < -0.4 is 5.73 Å². The molecule has 0 saturated heterocycles. The molecule has 1 unspecified atom stereocenters. The van der Waals surface area contributed by atoms with Crippen molar-refractivity contribution in [1.82, 2.24) is 0 Å². The highest BCUT2D eigenvalue weighted by atomic mass is 79.9. The molecule has 2 aromatic carbocycles. The molecule has 1 aliphatic rings. The highest BCUT2D eigenvalue weighted by Gasteiger charge is 2.14. The first kappa shape index (κ1) is 14.1. The largest absolute Gasteiger partial charge is 0.324 e. The maximum Gasteiger partial charge on any atom is 0.0410 e. The van der Waals surface area contributed by atoms with Gasteiger partial charge in [0.1, 0.15) is 0 Å². The van der Waals surface area contributed by atoms with E-state index in [1.54, 1.807) is 0 Å². The summed E-state index contributed by atoms with van der Waals surface area (Å²) in [7, 11) is 0. The number of hydrogen-bond donors (Lipinski definition) is 1. The van der Waals surface area contributed by atoms with Crippen LogP contribution >= 0.6 is 27.5 Å². The second-order valence-corrected chi connectivity index (χ2v) is 6.72. The number of hydrogen-bond acceptors (Lipinski definition) is 1. The Labute approximate surface area is 133 Å². The predicted molar refractivity (Wildman–Crippen MR) is 88.3 cm³/mol.